The van der Waals surface area contributed by atoms with Gasteiger partial charge in [0.25, 0.3) is 0 Å². The summed E-state index contributed by atoms with van der Waals surface area (Å²) in [7, 11) is 0. The fourth-order valence-corrected chi connectivity index (χ4v) is 5.71. The Morgan fingerprint density at radius 3 is 2.31 bits per heavy atom. The van der Waals surface area contributed by atoms with Gasteiger partial charge in [0.05, 0.1) is 22.9 Å². The Bertz CT molecular complexity index is 1690. The molecule has 0 bridgehead atoms. The van der Waals surface area contributed by atoms with Gasteiger partial charge in [0.2, 0.25) is 0 Å². The Labute approximate surface area is 186 Å². The Hall–Kier alpha value is -3.91. The highest BCUT2D eigenvalue weighted by Crippen LogP contribution is 2.53. The van der Waals surface area contributed by atoms with E-state index >= 15 is 0 Å². The van der Waals surface area contributed by atoms with E-state index in [1.54, 1.807) is 0 Å². The van der Waals surface area contributed by atoms with E-state index in [-0.39, 0.29) is 5.41 Å². The summed E-state index contributed by atoms with van der Waals surface area (Å²) >= 11 is 0. The third-order valence-corrected chi connectivity index (χ3v) is 7.24. The second-order valence-corrected chi connectivity index (χ2v) is 9.32. The smallest absolute Gasteiger partial charge is 0.0645 e. The molecular formula is C30H22N2. The quantitative estimate of drug-likeness (QED) is 0.272. The number of aromatic nitrogens is 2. The summed E-state index contributed by atoms with van der Waals surface area (Å²) in [4.78, 5) is 4.44. The van der Waals surface area contributed by atoms with E-state index in [0.29, 0.717) is 0 Å². The third-order valence-electron chi connectivity index (χ3n) is 7.24. The van der Waals surface area contributed by atoms with Crippen molar-refractivity contribution >= 4 is 32.6 Å². The van der Waals surface area contributed by atoms with Crippen molar-refractivity contribution in [2.24, 2.45) is 0 Å². The van der Waals surface area contributed by atoms with E-state index in [1.165, 1.54) is 54.8 Å². The lowest BCUT2D eigenvalue weighted by atomic mass is 9.82. The van der Waals surface area contributed by atoms with E-state index in [4.69, 9.17) is 0 Å². The Balaban J connectivity index is 1.72. The number of fused-ring (bicyclic) bond motifs is 8. The van der Waals surface area contributed by atoms with Gasteiger partial charge in [-0.25, -0.2) is 0 Å². The minimum atomic E-state index is -0.0564. The maximum absolute atomic E-state index is 4.44. The molecule has 7 rings (SSSR count). The van der Waals surface area contributed by atoms with Crippen LogP contribution in [0.3, 0.4) is 0 Å². The normalized spacial score (nSPS) is 14.2. The van der Waals surface area contributed by atoms with Crippen LogP contribution in [0.1, 0.15) is 25.0 Å². The maximum Gasteiger partial charge on any atom is 0.0645 e. The van der Waals surface area contributed by atoms with Crippen LogP contribution in [-0.4, -0.2) is 9.55 Å². The van der Waals surface area contributed by atoms with E-state index in [1.807, 2.05) is 18.5 Å². The fourth-order valence-electron chi connectivity index (χ4n) is 5.71. The summed E-state index contributed by atoms with van der Waals surface area (Å²) in [6, 6.07) is 31.0. The van der Waals surface area contributed by atoms with Crippen LogP contribution in [-0.2, 0) is 5.41 Å². The Kier molecular flexibility index (Phi) is 3.37. The van der Waals surface area contributed by atoms with Crippen LogP contribution in [0.5, 0.6) is 0 Å². The van der Waals surface area contributed by atoms with Crippen molar-refractivity contribution < 1.29 is 0 Å². The van der Waals surface area contributed by atoms with Crippen LogP contribution in [0, 0.1) is 0 Å². The molecule has 0 N–H and O–H groups in total. The molecule has 6 aromatic rings. The molecular weight excluding hydrogens is 388 g/mol. The third kappa shape index (κ3) is 2.17. The highest BCUT2D eigenvalue weighted by molar-refractivity contribution is 6.16. The van der Waals surface area contributed by atoms with Gasteiger partial charge in [0.15, 0.2) is 0 Å². The number of hydrogen-bond acceptors (Lipinski definition) is 1. The first-order valence-corrected chi connectivity index (χ1v) is 11.2. The molecule has 1 aliphatic carbocycles. The number of hydrogen-bond donors (Lipinski definition) is 0. The maximum atomic E-state index is 4.44. The van der Waals surface area contributed by atoms with Crippen LogP contribution in [0.25, 0.3) is 49.4 Å². The molecule has 2 heterocycles. The number of para-hydroxylation sites is 1. The van der Waals surface area contributed by atoms with Crippen molar-refractivity contribution in [1.82, 2.24) is 9.55 Å². The molecule has 0 saturated carbocycles. The van der Waals surface area contributed by atoms with Crippen molar-refractivity contribution in [3.05, 3.63) is 108 Å². The minimum absolute atomic E-state index is 0.0564. The summed E-state index contributed by atoms with van der Waals surface area (Å²) < 4.78 is 2.40. The van der Waals surface area contributed by atoms with E-state index in [9.17, 15) is 0 Å². The number of pyridine rings is 1. The zero-order chi connectivity index (χ0) is 21.4. The molecule has 0 unspecified atom stereocenters. The second kappa shape index (κ2) is 6.08. The highest BCUT2D eigenvalue weighted by Gasteiger charge is 2.38. The molecule has 4 aromatic carbocycles. The molecule has 2 aromatic heterocycles. The molecule has 1 aliphatic rings. The van der Waals surface area contributed by atoms with Gasteiger partial charge in [-0.3, -0.25) is 4.98 Å². The number of rotatable bonds is 1. The highest BCUT2D eigenvalue weighted by atomic mass is 15.0. The average Bonchev–Trinajstić information content (AvgIpc) is 3.28. The largest absolute Gasteiger partial charge is 0.307 e. The molecule has 0 spiro atoms. The monoisotopic (exact) mass is 410 g/mol. The Morgan fingerprint density at radius 2 is 1.50 bits per heavy atom. The number of benzene rings is 4. The van der Waals surface area contributed by atoms with Crippen LogP contribution < -0.4 is 0 Å². The van der Waals surface area contributed by atoms with Gasteiger partial charge in [0, 0.05) is 27.9 Å². The van der Waals surface area contributed by atoms with Crippen LogP contribution in [0.4, 0.5) is 0 Å². The predicted octanol–water partition coefficient (Wildman–Crippen LogP) is 7.64. The van der Waals surface area contributed by atoms with Gasteiger partial charge in [-0.1, -0.05) is 68.4 Å². The van der Waals surface area contributed by atoms with Crippen LogP contribution in [0.15, 0.2) is 97.3 Å². The first-order chi connectivity index (χ1) is 15.6. The molecule has 0 saturated heterocycles. The molecule has 2 heteroatoms. The summed E-state index contributed by atoms with van der Waals surface area (Å²) in [5.74, 6) is 0. The van der Waals surface area contributed by atoms with Gasteiger partial charge < -0.3 is 4.57 Å². The zero-order valence-electron chi connectivity index (χ0n) is 18.1. The second-order valence-electron chi connectivity index (χ2n) is 9.32. The van der Waals surface area contributed by atoms with Gasteiger partial charge in [0.1, 0.15) is 0 Å². The summed E-state index contributed by atoms with van der Waals surface area (Å²) in [5.41, 5.74) is 9.04. The molecule has 0 radical (unpaired) electrons. The lowest BCUT2D eigenvalue weighted by Crippen LogP contribution is -2.14. The standard InChI is InChI=1S/C30H22N2/c1-30(2)25-14-13-23-22-11-5-6-12-27(22)32(21-10-7-15-31-18-21)29(23)28(25)24-16-19-8-3-4-9-20(19)17-26(24)30/h3-18H,1-2H3. The van der Waals surface area contributed by atoms with Crippen LogP contribution in [0.2, 0.25) is 0 Å². The molecule has 32 heavy (non-hydrogen) atoms. The first kappa shape index (κ1) is 17.7. The summed E-state index contributed by atoms with van der Waals surface area (Å²) in [6.07, 6.45) is 3.80. The van der Waals surface area contributed by atoms with E-state index in [2.05, 4.69) is 102 Å². The first-order valence-electron chi connectivity index (χ1n) is 11.2. The lowest BCUT2D eigenvalue weighted by Gasteiger charge is -2.22. The van der Waals surface area contributed by atoms with Crippen molar-refractivity contribution in [3.63, 3.8) is 0 Å². The van der Waals surface area contributed by atoms with Gasteiger partial charge in [-0.15, -0.1) is 0 Å². The minimum Gasteiger partial charge on any atom is -0.307 e. The topological polar surface area (TPSA) is 17.8 Å². The molecule has 2 nitrogen and oxygen atoms in total. The van der Waals surface area contributed by atoms with E-state index < -0.39 is 0 Å². The van der Waals surface area contributed by atoms with E-state index in [0.717, 1.165) is 5.69 Å². The van der Waals surface area contributed by atoms with Crippen LogP contribution >= 0.6 is 0 Å². The van der Waals surface area contributed by atoms with Gasteiger partial charge in [-0.05, 0) is 57.8 Å². The predicted molar refractivity (Wildman–Crippen MR) is 134 cm³/mol. The zero-order valence-corrected chi connectivity index (χ0v) is 18.1. The van der Waals surface area contributed by atoms with Crippen molar-refractivity contribution in [3.8, 4) is 16.8 Å². The molecule has 0 fully saturated rings. The van der Waals surface area contributed by atoms with Gasteiger partial charge >= 0.3 is 0 Å². The Morgan fingerprint density at radius 1 is 0.719 bits per heavy atom. The van der Waals surface area contributed by atoms with Crippen molar-refractivity contribution in [2.45, 2.75) is 19.3 Å². The SMILES string of the molecule is CC1(C)c2cc3ccccc3cc2-c2c1ccc1c3ccccc3n(-c3cccnc3)c21. The van der Waals surface area contributed by atoms with Gasteiger partial charge in [-0.2, -0.15) is 0 Å². The van der Waals surface area contributed by atoms with Crippen molar-refractivity contribution in [1.29, 1.82) is 0 Å². The molecule has 0 aliphatic heterocycles. The fraction of sp³-hybridized carbons (Fsp3) is 0.100. The lowest BCUT2D eigenvalue weighted by molar-refractivity contribution is 0.661. The summed E-state index contributed by atoms with van der Waals surface area (Å²) in [6.45, 7) is 4.71. The molecule has 152 valence electrons. The molecule has 0 atom stereocenters. The average molecular weight is 411 g/mol. The van der Waals surface area contributed by atoms with Crippen molar-refractivity contribution in [2.75, 3.05) is 0 Å². The summed E-state index contributed by atoms with van der Waals surface area (Å²) in [5, 5.41) is 5.16. The number of nitrogens with zero attached hydrogens (tertiary/aromatic N) is 2. The molecule has 0 amide bonds.